The van der Waals surface area contributed by atoms with Gasteiger partial charge in [0.15, 0.2) is 23.0 Å². The summed E-state index contributed by atoms with van der Waals surface area (Å²) in [5, 5.41) is 4.75. The Kier molecular flexibility index (Phi) is 7.83. The highest BCUT2D eigenvalue weighted by atomic mass is 16.5. The van der Waals surface area contributed by atoms with Crippen LogP contribution in [0.15, 0.2) is 200 Å². The zero-order valence-corrected chi connectivity index (χ0v) is 35.8. The van der Waals surface area contributed by atoms with Crippen LogP contribution in [0.1, 0.15) is 30.5 Å². The van der Waals surface area contributed by atoms with Crippen LogP contribution in [-0.2, 0) is 5.41 Å². The van der Waals surface area contributed by atoms with E-state index in [9.17, 15) is 0 Å². The van der Waals surface area contributed by atoms with E-state index in [4.69, 9.17) is 9.47 Å². The Morgan fingerprint density at radius 1 is 0.359 bits per heavy atom. The van der Waals surface area contributed by atoms with E-state index >= 15 is 0 Å². The van der Waals surface area contributed by atoms with Gasteiger partial charge in [0.2, 0.25) is 0 Å². The molecule has 2 aliphatic heterocycles. The first-order valence-electron chi connectivity index (χ1n) is 22.1. The first-order valence-corrected chi connectivity index (χ1v) is 22.1. The Labute approximate surface area is 372 Å². The maximum atomic E-state index is 6.50. The van der Waals surface area contributed by atoms with Gasteiger partial charge in [-0.15, -0.1) is 0 Å². The third kappa shape index (κ3) is 5.36. The second-order valence-corrected chi connectivity index (χ2v) is 17.8. The molecule has 0 spiro atoms. The summed E-state index contributed by atoms with van der Waals surface area (Å²) in [6, 6.07) is 72.5. The second-order valence-electron chi connectivity index (χ2n) is 17.8. The Hall–Kier alpha value is -8.08. The largest absolute Gasteiger partial charge is 0.453 e. The molecular weight excluding hydrogens is 781 g/mol. The predicted octanol–water partition coefficient (Wildman–Crippen LogP) is 17.1. The van der Waals surface area contributed by atoms with Crippen molar-refractivity contribution in [2.24, 2.45) is 0 Å². The average molecular weight is 823 g/mol. The number of hydrogen-bond acceptors (Lipinski definition) is 4. The van der Waals surface area contributed by atoms with E-state index in [-0.39, 0.29) is 5.41 Å². The summed E-state index contributed by atoms with van der Waals surface area (Å²) >= 11 is 0. The molecule has 64 heavy (non-hydrogen) atoms. The molecule has 4 nitrogen and oxygen atoms in total. The Bertz CT molecular complexity index is 3490. The van der Waals surface area contributed by atoms with Crippen LogP contribution in [0.5, 0.6) is 23.0 Å². The molecule has 1 aliphatic carbocycles. The van der Waals surface area contributed by atoms with Crippen LogP contribution >= 0.6 is 0 Å². The van der Waals surface area contributed by atoms with E-state index in [1.165, 1.54) is 71.6 Å². The Balaban J connectivity index is 1.14. The van der Waals surface area contributed by atoms with E-state index in [0.29, 0.717) is 0 Å². The van der Waals surface area contributed by atoms with Crippen LogP contribution < -0.4 is 19.3 Å². The molecule has 0 fully saturated rings. The quantitative estimate of drug-likeness (QED) is 0.165. The molecule has 0 N–H and O–H groups in total. The normalized spacial score (nSPS) is 13.9. The fourth-order valence-corrected chi connectivity index (χ4v) is 10.7. The van der Waals surface area contributed by atoms with Crippen molar-refractivity contribution in [2.45, 2.75) is 26.2 Å². The third-order valence-corrected chi connectivity index (χ3v) is 13.6. The molecule has 10 aromatic carbocycles. The van der Waals surface area contributed by atoms with Gasteiger partial charge < -0.3 is 19.3 Å². The molecule has 2 heterocycles. The van der Waals surface area contributed by atoms with E-state index in [1.807, 2.05) is 24.3 Å². The van der Waals surface area contributed by atoms with Gasteiger partial charge in [-0.1, -0.05) is 141 Å². The molecule has 0 saturated carbocycles. The fourth-order valence-electron chi connectivity index (χ4n) is 10.7. The topological polar surface area (TPSA) is 24.9 Å². The highest BCUT2D eigenvalue weighted by Gasteiger charge is 2.36. The summed E-state index contributed by atoms with van der Waals surface area (Å²) in [4.78, 5) is 4.70. The second kappa shape index (κ2) is 13.7. The Morgan fingerprint density at radius 2 is 0.812 bits per heavy atom. The number of aryl methyl sites for hydroxylation is 1. The molecular formula is C60H42N2O2. The molecule has 10 aromatic rings. The molecule has 0 unspecified atom stereocenters. The minimum absolute atomic E-state index is 0.161. The van der Waals surface area contributed by atoms with Gasteiger partial charge >= 0.3 is 0 Å². The number of nitrogens with zero attached hydrogens (tertiary/aromatic N) is 2. The molecule has 304 valence electrons. The molecule has 0 saturated heterocycles. The maximum absolute atomic E-state index is 6.50. The first-order chi connectivity index (χ1) is 31.4. The summed E-state index contributed by atoms with van der Waals surface area (Å²) < 4.78 is 13.0. The molecule has 0 amide bonds. The first kappa shape index (κ1) is 36.6. The average Bonchev–Trinajstić information content (AvgIpc) is 3.56. The smallest absolute Gasteiger partial charge is 0.151 e. The summed E-state index contributed by atoms with van der Waals surface area (Å²) in [6.07, 6.45) is 0. The van der Waals surface area contributed by atoms with Crippen LogP contribution in [0.4, 0.5) is 34.1 Å². The van der Waals surface area contributed by atoms with E-state index < -0.39 is 0 Å². The molecule has 13 rings (SSSR count). The lowest BCUT2D eigenvalue weighted by Gasteiger charge is -2.33. The van der Waals surface area contributed by atoms with Gasteiger partial charge in [-0.2, -0.15) is 0 Å². The van der Waals surface area contributed by atoms with Gasteiger partial charge in [-0.25, -0.2) is 0 Å². The number of rotatable bonds is 4. The minimum atomic E-state index is -0.161. The van der Waals surface area contributed by atoms with Crippen molar-refractivity contribution in [2.75, 3.05) is 9.80 Å². The zero-order chi connectivity index (χ0) is 42.7. The lowest BCUT2D eigenvalue weighted by atomic mass is 9.80. The Morgan fingerprint density at radius 3 is 1.33 bits per heavy atom. The minimum Gasteiger partial charge on any atom is -0.453 e. The summed E-state index contributed by atoms with van der Waals surface area (Å²) in [5.74, 6) is 3.33. The van der Waals surface area contributed by atoms with E-state index in [0.717, 1.165) is 57.1 Å². The molecule has 0 bridgehead atoms. The maximum Gasteiger partial charge on any atom is 0.151 e. The van der Waals surface area contributed by atoms with Crippen LogP contribution in [0.25, 0.3) is 54.9 Å². The number of fused-ring (bicyclic) bond motifs is 9. The summed E-state index contributed by atoms with van der Waals surface area (Å²) in [5.41, 5.74) is 17.4. The van der Waals surface area contributed by atoms with Crippen LogP contribution in [0, 0.1) is 6.92 Å². The third-order valence-electron chi connectivity index (χ3n) is 13.6. The lowest BCUT2D eigenvalue weighted by molar-refractivity contribution is 0.477. The summed E-state index contributed by atoms with van der Waals surface area (Å²) in [6.45, 7) is 6.92. The van der Waals surface area contributed by atoms with Gasteiger partial charge in [-0.3, -0.25) is 0 Å². The van der Waals surface area contributed by atoms with E-state index in [1.54, 1.807) is 0 Å². The number of anilines is 6. The number of hydrogen-bond donors (Lipinski definition) is 0. The standard InChI is InChI=1S/C60H42N2O2/c1-37-15-14-16-38(33-37)58-44-31-28-41(62-52-21-8-12-25-56(52)64-57-26-13-9-22-53(57)62)36-47(44)59(39-27-30-43-42-17-4-5-18-48(42)60(2,3)49(43)34-39)45-32-29-40(35-46(45)58)61-50-19-6-10-23-54(50)63-55-24-11-7-20-51(55)61/h4-36H,1-3H3. The van der Waals surface area contributed by atoms with Crippen molar-refractivity contribution in [1.29, 1.82) is 0 Å². The van der Waals surface area contributed by atoms with Crippen molar-refractivity contribution in [3.8, 4) is 56.4 Å². The zero-order valence-electron chi connectivity index (χ0n) is 35.8. The number of ether oxygens (including phenoxy) is 2. The van der Waals surface area contributed by atoms with Crippen molar-refractivity contribution in [3.63, 3.8) is 0 Å². The van der Waals surface area contributed by atoms with Gasteiger partial charge in [-0.05, 0) is 152 Å². The number of benzene rings is 10. The van der Waals surface area contributed by atoms with E-state index in [2.05, 4.69) is 206 Å². The van der Waals surface area contributed by atoms with Crippen molar-refractivity contribution >= 4 is 55.7 Å². The van der Waals surface area contributed by atoms with Gasteiger partial charge in [0, 0.05) is 16.8 Å². The van der Waals surface area contributed by atoms with Gasteiger partial charge in [0.05, 0.1) is 22.7 Å². The van der Waals surface area contributed by atoms with Crippen molar-refractivity contribution in [1.82, 2.24) is 0 Å². The van der Waals surface area contributed by atoms with Gasteiger partial charge in [0.25, 0.3) is 0 Å². The fraction of sp³-hybridized carbons (Fsp3) is 0.0667. The molecule has 4 heteroatoms. The summed E-state index contributed by atoms with van der Waals surface area (Å²) in [7, 11) is 0. The highest BCUT2D eigenvalue weighted by molar-refractivity contribution is 6.23. The molecule has 0 atom stereocenters. The molecule has 0 aromatic heterocycles. The van der Waals surface area contributed by atoms with Gasteiger partial charge in [0.1, 0.15) is 0 Å². The van der Waals surface area contributed by atoms with Crippen LogP contribution in [0.3, 0.4) is 0 Å². The lowest BCUT2D eigenvalue weighted by Crippen LogP contribution is -2.16. The van der Waals surface area contributed by atoms with Crippen molar-refractivity contribution in [3.05, 3.63) is 217 Å². The molecule has 3 aliphatic rings. The van der Waals surface area contributed by atoms with Crippen molar-refractivity contribution < 1.29 is 9.47 Å². The highest BCUT2D eigenvalue weighted by Crippen LogP contribution is 2.56. The molecule has 0 radical (unpaired) electrons. The van der Waals surface area contributed by atoms with Crippen LogP contribution in [0.2, 0.25) is 0 Å². The SMILES string of the molecule is Cc1cccc(-c2c3ccc(N4c5ccccc5Oc5ccccc54)cc3c(-c3ccc4c(c3)C(C)(C)c3ccccc3-4)c3ccc(N4c5ccccc5Oc5ccccc54)cc23)c1. The monoisotopic (exact) mass is 822 g/mol. The predicted molar refractivity (Wildman–Crippen MR) is 264 cm³/mol. The van der Waals surface area contributed by atoms with Crippen LogP contribution in [-0.4, -0.2) is 0 Å². The number of para-hydroxylation sites is 8.